The van der Waals surface area contributed by atoms with Crippen LogP contribution < -0.4 is 5.32 Å². The molecule has 1 aromatic carbocycles. The van der Waals surface area contributed by atoms with Crippen molar-refractivity contribution in [3.63, 3.8) is 0 Å². The van der Waals surface area contributed by atoms with Crippen molar-refractivity contribution < 1.29 is 4.39 Å². The summed E-state index contributed by atoms with van der Waals surface area (Å²) in [6.07, 6.45) is 3.73. The van der Waals surface area contributed by atoms with E-state index in [0.717, 1.165) is 10.0 Å². The van der Waals surface area contributed by atoms with Crippen LogP contribution in [-0.2, 0) is 6.54 Å². The number of likely N-dealkylation sites (tertiary alicyclic amines) is 1. The molecule has 1 aliphatic rings. The molecule has 1 N–H and O–H groups in total. The number of hydrogen-bond acceptors (Lipinski definition) is 2. The van der Waals surface area contributed by atoms with E-state index in [9.17, 15) is 4.39 Å². The standard InChI is InChI=1S/C17H26BrFN2/c1-3-8-21-9-6-14(7-10-21)13(2)20-12-15-11-16(18)4-5-17(15)19/h4-5,11,13-14,20H,3,6-10,12H2,1-2H3. The Morgan fingerprint density at radius 3 is 2.76 bits per heavy atom. The van der Waals surface area contributed by atoms with Gasteiger partial charge in [-0.25, -0.2) is 4.39 Å². The van der Waals surface area contributed by atoms with Crippen LogP contribution in [0.15, 0.2) is 22.7 Å². The molecule has 0 bridgehead atoms. The van der Waals surface area contributed by atoms with Gasteiger partial charge in [-0.05, 0) is 69.9 Å². The summed E-state index contributed by atoms with van der Waals surface area (Å²) in [5.74, 6) is 0.573. The molecule has 2 rings (SSSR count). The van der Waals surface area contributed by atoms with Crippen molar-refractivity contribution in [2.45, 2.75) is 45.7 Å². The van der Waals surface area contributed by atoms with Gasteiger partial charge < -0.3 is 10.2 Å². The van der Waals surface area contributed by atoms with Crippen LogP contribution >= 0.6 is 15.9 Å². The van der Waals surface area contributed by atoms with Crippen molar-refractivity contribution in [1.82, 2.24) is 10.2 Å². The largest absolute Gasteiger partial charge is 0.310 e. The van der Waals surface area contributed by atoms with Crippen molar-refractivity contribution in [3.8, 4) is 0 Å². The number of rotatable bonds is 6. The molecule has 0 spiro atoms. The second-order valence-electron chi connectivity index (χ2n) is 6.08. The van der Waals surface area contributed by atoms with Gasteiger partial charge in [0.1, 0.15) is 5.82 Å². The van der Waals surface area contributed by atoms with Gasteiger partial charge in [0.15, 0.2) is 0 Å². The highest BCUT2D eigenvalue weighted by Crippen LogP contribution is 2.21. The fourth-order valence-corrected chi connectivity index (χ4v) is 3.52. The van der Waals surface area contributed by atoms with Crippen LogP contribution in [0.5, 0.6) is 0 Å². The maximum Gasteiger partial charge on any atom is 0.127 e. The zero-order valence-electron chi connectivity index (χ0n) is 13.0. The topological polar surface area (TPSA) is 15.3 Å². The van der Waals surface area contributed by atoms with Gasteiger partial charge in [-0.15, -0.1) is 0 Å². The Kier molecular flexibility index (Phi) is 6.65. The summed E-state index contributed by atoms with van der Waals surface area (Å²) in [4.78, 5) is 2.55. The molecule has 1 atom stereocenters. The first-order valence-electron chi connectivity index (χ1n) is 7.99. The average Bonchev–Trinajstić information content (AvgIpc) is 2.49. The number of nitrogens with one attached hydrogen (secondary N) is 1. The molecule has 118 valence electrons. The van der Waals surface area contributed by atoms with E-state index in [-0.39, 0.29) is 5.82 Å². The molecular formula is C17H26BrFN2. The fraction of sp³-hybridized carbons (Fsp3) is 0.647. The van der Waals surface area contributed by atoms with E-state index in [4.69, 9.17) is 0 Å². The normalized spacial score (nSPS) is 18.9. The SMILES string of the molecule is CCCN1CCC(C(C)NCc2cc(Br)ccc2F)CC1. The van der Waals surface area contributed by atoms with Crippen LogP contribution in [0.4, 0.5) is 4.39 Å². The summed E-state index contributed by atoms with van der Waals surface area (Å²) < 4.78 is 14.7. The Balaban J connectivity index is 1.80. The molecule has 1 aliphatic heterocycles. The monoisotopic (exact) mass is 356 g/mol. The Hall–Kier alpha value is -0.450. The highest BCUT2D eigenvalue weighted by Gasteiger charge is 2.23. The van der Waals surface area contributed by atoms with Gasteiger partial charge in [0.25, 0.3) is 0 Å². The molecule has 4 heteroatoms. The summed E-state index contributed by atoms with van der Waals surface area (Å²) in [5.41, 5.74) is 0.736. The minimum Gasteiger partial charge on any atom is -0.310 e. The average molecular weight is 357 g/mol. The third-order valence-electron chi connectivity index (χ3n) is 4.50. The van der Waals surface area contributed by atoms with E-state index in [0.29, 0.717) is 18.5 Å². The molecule has 1 aromatic rings. The van der Waals surface area contributed by atoms with Crippen LogP contribution in [0.3, 0.4) is 0 Å². The Bertz CT molecular complexity index is 444. The highest BCUT2D eigenvalue weighted by atomic mass is 79.9. The highest BCUT2D eigenvalue weighted by molar-refractivity contribution is 9.10. The first-order chi connectivity index (χ1) is 10.1. The minimum absolute atomic E-state index is 0.129. The van der Waals surface area contributed by atoms with E-state index in [2.05, 4.69) is 40.0 Å². The second kappa shape index (κ2) is 8.25. The lowest BCUT2D eigenvalue weighted by Crippen LogP contribution is -2.42. The molecule has 1 heterocycles. The van der Waals surface area contributed by atoms with E-state index in [1.165, 1.54) is 45.0 Å². The third-order valence-corrected chi connectivity index (χ3v) is 4.99. The van der Waals surface area contributed by atoms with Crippen molar-refractivity contribution in [3.05, 3.63) is 34.1 Å². The zero-order valence-corrected chi connectivity index (χ0v) is 14.6. The minimum atomic E-state index is -0.129. The lowest BCUT2D eigenvalue weighted by molar-refractivity contribution is 0.162. The lowest BCUT2D eigenvalue weighted by atomic mass is 9.90. The number of nitrogens with zero attached hydrogens (tertiary/aromatic N) is 1. The predicted octanol–water partition coefficient (Wildman–Crippen LogP) is 4.19. The molecule has 1 unspecified atom stereocenters. The summed E-state index contributed by atoms with van der Waals surface area (Å²) >= 11 is 3.40. The zero-order chi connectivity index (χ0) is 15.2. The molecule has 2 nitrogen and oxygen atoms in total. The van der Waals surface area contributed by atoms with Gasteiger partial charge in [-0.3, -0.25) is 0 Å². The molecule has 0 saturated carbocycles. The van der Waals surface area contributed by atoms with Crippen molar-refractivity contribution >= 4 is 15.9 Å². The van der Waals surface area contributed by atoms with Crippen molar-refractivity contribution in [1.29, 1.82) is 0 Å². The Morgan fingerprint density at radius 2 is 2.10 bits per heavy atom. The first-order valence-corrected chi connectivity index (χ1v) is 8.79. The molecule has 21 heavy (non-hydrogen) atoms. The van der Waals surface area contributed by atoms with E-state index >= 15 is 0 Å². The molecule has 1 saturated heterocycles. The first kappa shape index (κ1) is 16.9. The van der Waals surface area contributed by atoms with Gasteiger partial charge >= 0.3 is 0 Å². The molecule has 0 radical (unpaired) electrons. The van der Waals surface area contributed by atoms with Gasteiger partial charge in [0.05, 0.1) is 0 Å². The summed E-state index contributed by atoms with van der Waals surface area (Å²) in [7, 11) is 0. The number of halogens is 2. The second-order valence-corrected chi connectivity index (χ2v) is 7.00. The smallest absolute Gasteiger partial charge is 0.127 e. The van der Waals surface area contributed by atoms with Gasteiger partial charge in [0, 0.05) is 22.6 Å². The summed E-state index contributed by atoms with van der Waals surface area (Å²) in [6, 6.07) is 5.56. The van der Waals surface area contributed by atoms with Crippen LogP contribution in [0.2, 0.25) is 0 Å². The lowest BCUT2D eigenvalue weighted by Gasteiger charge is -2.35. The van der Waals surface area contributed by atoms with Crippen LogP contribution in [0, 0.1) is 11.7 Å². The molecule has 0 aliphatic carbocycles. The summed E-state index contributed by atoms with van der Waals surface area (Å²) in [6.45, 7) is 8.70. The Labute approximate surface area is 136 Å². The molecule has 0 aromatic heterocycles. The molecule has 0 amide bonds. The van der Waals surface area contributed by atoms with Crippen molar-refractivity contribution in [2.75, 3.05) is 19.6 Å². The maximum absolute atomic E-state index is 13.7. The number of benzene rings is 1. The molecular weight excluding hydrogens is 331 g/mol. The maximum atomic E-state index is 13.7. The van der Waals surface area contributed by atoms with Gasteiger partial charge in [0.2, 0.25) is 0 Å². The van der Waals surface area contributed by atoms with Crippen LogP contribution in [-0.4, -0.2) is 30.6 Å². The fourth-order valence-electron chi connectivity index (χ4n) is 3.11. The number of piperidine rings is 1. The summed E-state index contributed by atoms with van der Waals surface area (Å²) in [5, 5.41) is 3.50. The van der Waals surface area contributed by atoms with E-state index < -0.39 is 0 Å². The van der Waals surface area contributed by atoms with Crippen molar-refractivity contribution in [2.24, 2.45) is 5.92 Å². The van der Waals surface area contributed by atoms with Crippen LogP contribution in [0.1, 0.15) is 38.7 Å². The number of hydrogen-bond donors (Lipinski definition) is 1. The van der Waals surface area contributed by atoms with Gasteiger partial charge in [-0.2, -0.15) is 0 Å². The molecule has 1 fully saturated rings. The quantitative estimate of drug-likeness (QED) is 0.821. The van der Waals surface area contributed by atoms with E-state index in [1.807, 2.05) is 6.07 Å². The Morgan fingerprint density at radius 1 is 1.38 bits per heavy atom. The van der Waals surface area contributed by atoms with E-state index in [1.54, 1.807) is 6.07 Å². The van der Waals surface area contributed by atoms with Gasteiger partial charge in [-0.1, -0.05) is 22.9 Å². The van der Waals surface area contributed by atoms with Crippen LogP contribution in [0.25, 0.3) is 0 Å². The predicted molar refractivity (Wildman–Crippen MR) is 89.9 cm³/mol. The third kappa shape index (κ3) is 5.04.